The van der Waals surface area contributed by atoms with E-state index in [1.165, 1.54) is 24.1 Å². The molecule has 2 rings (SSSR count). The highest BCUT2D eigenvalue weighted by Crippen LogP contribution is 2.28. The normalized spacial score (nSPS) is 15.4. The third-order valence-electron chi connectivity index (χ3n) is 3.13. The van der Waals surface area contributed by atoms with Crippen molar-refractivity contribution in [2.75, 3.05) is 0 Å². The molecule has 1 aromatic heterocycles. The molecule has 0 atom stereocenters. The fourth-order valence-electron chi connectivity index (χ4n) is 2.29. The Kier molecular flexibility index (Phi) is 2.71. The molecule has 0 saturated heterocycles. The largest absolute Gasteiger partial charge is 0.256 e. The van der Waals surface area contributed by atoms with Gasteiger partial charge in [-0.1, -0.05) is 20.8 Å². The van der Waals surface area contributed by atoms with Gasteiger partial charge in [0.15, 0.2) is 0 Å². The van der Waals surface area contributed by atoms with Crippen molar-refractivity contribution in [1.29, 1.82) is 5.26 Å². The molecule has 0 bridgehead atoms. The first-order valence-corrected chi connectivity index (χ1v) is 5.96. The maximum absolute atomic E-state index is 9.19. The SMILES string of the molecule is CC(C)(C)c1nc2c(cc1C#N)CCCC2. The van der Waals surface area contributed by atoms with Gasteiger partial charge in [-0.2, -0.15) is 5.26 Å². The summed E-state index contributed by atoms with van der Waals surface area (Å²) in [5, 5.41) is 9.19. The summed E-state index contributed by atoms with van der Waals surface area (Å²) in [4.78, 5) is 4.73. The smallest absolute Gasteiger partial charge is 0.101 e. The summed E-state index contributed by atoms with van der Waals surface area (Å²) in [6.45, 7) is 6.35. The number of rotatable bonds is 0. The summed E-state index contributed by atoms with van der Waals surface area (Å²) in [7, 11) is 0. The lowest BCUT2D eigenvalue weighted by Gasteiger charge is -2.23. The summed E-state index contributed by atoms with van der Waals surface area (Å²) in [5.74, 6) is 0. The fraction of sp³-hybridized carbons (Fsp3) is 0.571. The van der Waals surface area contributed by atoms with Crippen molar-refractivity contribution in [2.24, 2.45) is 0 Å². The van der Waals surface area contributed by atoms with Crippen LogP contribution in [0.2, 0.25) is 0 Å². The Bertz CT molecular complexity index is 447. The minimum Gasteiger partial charge on any atom is -0.256 e. The molecule has 2 nitrogen and oxygen atoms in total. The van der Waals surface area contributed by atoms with E-state index in [0.29, 0.717) is 0 Å². The Labute approximate surface area is 97.3 Å². The van der Waals surface area contributed by atoms with Crippen molar-refractivity contribution < 1.29 is 0 Å². The lowest BCUT2D eigenvalue weighted by Crippen LogP contribution is -2.19. The maximum atomic E-state index is 9.19. The number of nitrogens with zero attached hydrogens (tertiary/aromatic N) is 2. The third-order valence-corrected chi connectivity index (χ3v) is 3.13. The quantitative estimate of drug-likeness (QED) is 0.665. The van der Waals surface area contributed by atoms with Crippen LogP contribution in [-0.4, -0.2) is 4.98 Å². The second-order valence-corrected chi connectivity index (χ2v) is 5.56. The molecule has 0 saturated carbocycles. The van der Waals surface area contributed by atoms with Crippen LogP contribution in [-0.2, 0) is 18.3 Å². The van der Waals surface area contributed by atoms with E-state index in [4.69, 9.17) is 4.98 Å². The van der Waals surface area contributed by atoms with Crippen LogP contribution in [0.5, 0.6) is 0 Å². The molecule has 16 heavy (non-hydrogen) atoms. The number of nitriles is 1. The summed E-state index contributed by atoms with van der Waals surface area (Å²) in [6, 6.07) is 4.35. The van der Waals surface area contributed by atoms with Crippen LogP contribution in [0.4, 0.5) is 0 Å². The van der Waals surface area contributed by atoms with Gasteiger partial charge in [-0.15, -0.1) is 0 Å². The Balaban J connectivity index is 2.57. The van der Waals surface area contributed by atoms with Crippen molar-refractivity contribution >= 4 is 0 Å². The van der Waals surface area contributed by atoms with Gasteiger partial charge < -0.3 is 0 Å². The third kappa shape index (κ3) is 1.95. The number of hydrogen-bond donors (Lipinski definition) is 0. The lowest BCUT2D eigenvalue weighted by atomic mass is 9.86. The van der Waals surface area contributed by atoms with Crippen LogP contribution < -0.4 is 0 Å². The van der Waals surface area contributed by atoms with Crippen LogP contribution in [0.15, 0.2) is 6.07 Å². The first kappa shape index (κ1) is 11.1. The zero-order valence-electron chi connectivity index (χ0n) is 10.3. The van der Waals surface area contributed by atoms with E-state index in [1.807, 2.05) is 0 Å². The first-order chi connectivity index (χ1) is 7.52. The molecule has 2 heteroatoms. The summed E-state index contributed by atoms with van der Waals surface area (Å²) >= 11 is 0. The molecular formula is C14H18N2. The van der Waals surface area contributed by atoms with Crippen LogP contribution in [0.1, 0.15) is 56.1 Å². The van der Waals surface area contributed by atoms with Crippen molar-refractivity contribution in [2.45, 2.75) is 51.9 Å². The van der Waals surface area contributed by atoms with Gasteiger partial charge in [-0.3, -0.25) is 4.98 Å². The fourth-order valence-corrected chi connectivity index (χ4v) is 2.29. The Hall–Kier alpha value is -1.36. The van der Waals surface area contributed by atoms with Gasteiger partial charge in [0.1, 0.15) is 6.07 Å². The monoisotopic (exact) mass is 214 g/mol. The van der Waals surface area contributed by atoms with Gasteiger partial charge >= 0.3 is 0 Å². The van der Waals surface area contributed by atoms with Gasteiger partial charge in [0.25, 0.3) is 0 Å². The second-order valence-electron chi connectivity index (χ2n) is 5.56. The maximum Gasteiger partial charge on any atom is 0.101 e. The van der Waals surface area contributed by atoms with Crippen LogP contribution in [0.3, 0.4) is 0 Å². The molecule has 0 aromatic carbocycles. The Morgan fingerprint density at radius 1 is 1.25 bits per heavy atom. The molecule has 0 N–H and O–H groups in total. The van der Waals surface area contributed by atoms with E-state index in [1.54, 1.807) is 0 Å². The van der Waals surface area contributed by atoms with Crippen molar-refractivity contribution in [3.8, 4) is 6.07 Å². The van der Waals surface area contributed by atoms with E-state index in [2.05, 4.69) is 32.9 Å². The highest BCUT2D eigenvalue weighted by atomic mass is 14.7. The predicted molar refractivity (Wildman–Crippen MR) is 64.3 cm³/mol. The Morgan fingerprint density at radius 3 is 2.56 bits per heavy atom. The van der Waals surface area contributed by atoms with Crippen LogP contribution in [0, 0.1) is 11.3 Å². The number of hydrogen-bond acceptors (Lipinski definition) is 2. The average Bonchev–Trinajstić information content (AvgIpc) is 2.26. The van der Waals surface area contributed by atoms with Crippen molar-refractivity contribution in [3.05, 3.63) is 28.6 Å². The first-order valence-electron chi connectivity index (χ1n) is 5.96. The lowest BCUT2D eigenvalue weighted by molar-refractivity contribution is 0.555. The van der Waals surface area contributed by atoms with Crippen LogP contribution >= 0.6 is 0 Å². The molecular weight excluding hydrogens is 196 g/mol. The molecule has 1 heterocycles. The highest BCUT2D eigenvalue weighted by Gasteiger charge is 2.23. The van der Waals surface area contributed by atoms with E-state index in [-0.39, 0.29) is 5.41 Å². The number of aromatic nitrogens is 1. The molecule has 0 spiro atoms. The molecule has 1 aromatic rings. The second kappa shape index (κ2) is 3.90. The zero-order valence-corrected chi connectivity index (χ0v) is 10.3. The van der Waals surface area contributed by atoms with Gasteiger partial charge in [0.2, 0.25) is 0 Å². The highest BCUT2D eigenvalue weighted by molar-refractivity contribution is 5.42. The van der Waals surface area contributed by atoms with Crippen molar-refractivity contribution in [3.63, 3.8) is 0 Å². The van der Waals surface area contributed by atoms with Gasteiger partial charge in [-0.25, -0.2) is 0 Å². The summed E-state index contributed by atoms with van der Waals surface area (Å²) in [6.07, 6.45) is 4.62. The molecule has 1 aliphatic carbocycles. The zero-order chi connectivity index (χ0) is 11.8. The minimum atomic E-state index is -0.0441. The number of aryl methyl sites for hydroxylation is 2. The average molecular weight is 214 g/mol. The predicted octanol–water partition coefficient (Wildman–Crippen LogP) is 3.13. The molecule has 0 aliphatic heterocycles. The number of fused-ring (bicyclic) bond motifs is 1. The van der Waals surface area contributed by atoms with E-state index < -0.39 is 0 Å². The molecule has 84 valence electrons. The minimum absolute atomic E-state index is 0.0441. The van der Waals surface area contributed by atoms with Gasteiger partial charge in [-0.05, 0) is 37.3 Å². The van der Waals surface area contributed by atoms with Crippen molar-refractivity contribution in [1.82, 2.24) is 4.98 Å². The topological polar surface area (TPSA) is 36.7 Å². The standard InChI is InChI=1S/C14H18N2/c1-14(2,3)13-11(9-15)8-10-6-4-5-7-12(10)16-13/h8H,4-7H2,1-3H3. The van der Waals surface area contributed by atoms with Gasteiger partial charge in [0, 0.05) is 11.1 Å². The summed E-state index contributed by atoms with van der Waals surface area (Å²) in [5.41, 5.74) is 4.17. The van der Waals surface area contributed by atoms with Gasteiger partial charge in [0.05, 0.1) is 11.3 Å². The molecule has 1 aliphatic rings. The molecule has 0 amide bonds. The van der Waals surface area contributed by atoms with E-state index >= 15 is 0 Å². The number of pyridine rings is 1. The van der Waals surface area contributed by atoms with Crippen LogP contribution in [0.25, 0.3) is 0 Å². The van der Waals surface area contributed by atoms with E-state index in [0.717, 1.165) is 24.1 Å². The van der Waals surface area contributed by atoms with E-state index in [9.17, 15) is 5.26 Å². The molecule has 0 fully saturated rings. The molecule has 0 unspecified atom stereocenters. The Morgan fingerprint density at radius 2 is 1.94 bits per heavy atom. The molecule has 0 radical (unpaired) electrons. The summed E-state index contributed by atoms with van der Waals surface area (Å²) < 4.78 is 0.